The Morgan fingerprint density at radius 3 is 2.32 bits per heavy atom. The van der Waals surface area contributed by atoms with E-state index in [1.54, 1.807) is 0 Å². The van der Waals surface area contributed by atoms with Gasteiger partial charge < -0.3 is 15.0 Å². The Morgan fingerprint density at radius 1 is 1.13 bits per heavy atom. The van der Waals surface area contributed by atoms with Crippen LogP contribution in [0.3, 0.4) is 0 Å². The quantitative estimate of drug-likeness (QED) is 0.749. The zero-order chi connectivity index (χ0) is 22.8. The van der Waals surface area contributed by atoms with E-state index < -0.39 is 18.5 Å². The Morgan fingerprint density at radius 2 is 1.74 bits per heavy atom. The monoisotopic (exact) mass is 435 g/mol. The van der Waals surface area contributed by atoms with Crippen molar-refractivity contribution >= 4 is 11.6 Å². The molecule has 1 aliphatic heterocycles. The van der Waals surface area contributed by atoms with Gasteiger partial charge in [0.2, 0.25) is 5.91 Å². The summed E-state index contributed by atoms with van der Waals surface area (Å²) >= 11 is 0. The molecule has 0 bridgehead atoms. The number of carbonyl (C=O) groups is 1. The number of morpholine rings is 1. The standard InChI is InChI=1S/C23H28F3N3O2/c1-14-7-18(8-15(2)28-14)21-6-5-20(29-12-16(3)31-17(4)13-29)9-19(21)11-27-22(30)10-23(24,25)26/h5-9,16-17H,10-13H2,1-4H3,(H,27,30)/t16-,17+. The van der Waals surface area contributed by atoms with Gasteiger partial charge in [0.15, 0.2) is 0 Å². The SMILES string of the molecule is Cc1cc(-c2ccc(N3C[C@@H](C)O[C@@H](C)C3)cc2CNC(=O)CC(F)(F)F)cc(C)n1. The molecule has 2 atom stereocenters. The average molecular weight is 435 g/mol. The lowest BCUT2D eigenvalue weighted by molar-refractivity contribution is -0.153. The molecule has 1 aliphatic rings. The highest BCUT2D eigenvalue weighted by molar-refractivity contribution is 5.77. The van der Waals surface area contributed by atoms with Gasteiger partial charge in [-0.25, -0.2) is 0 Å². The molecule has 1 aromatic carbocycles. The van der Waals surface area contributed by atoms with Crippen LogP contribution in [0.2, 0.25) is 0 Å². The summed E-state index contributed by atoms with van der Waals surface area (Å²) in [5.41, 5.74) is 5.18. The second-order valence-corrected chi connectivity index (χ2v) is 8.21. The van der Waals surface area contributed by atoms with E-state index in [0.29, 0.717) is 0 Å². The van der Waals surface area contributed by atoms with Crippen LogP contribution in [0.4, 0.5) is 18.9 Å². The maximum atomic E-state index is 12.6. The lowest BCUT2D eigenvalue weighted by atomic mass is 9.97. The van der Waals surface area contributed by atoms with E-state index in [-0.39, 0.29) is 18.8 Å². The van der Waals surface area contributed by atoms with Gasteiger partial charge in [-0.2, -0.15) is 13.2 Å². The average Bonchev–Trinajstić information content (AvgIpc) is 2.63. The zero-order valence-electron chi connectivity index (χ0n) is 18.2. The number of anilines is 1. The Labute approximate surface area is 180 Å². The number of ether oxygens (including phenoxy) is 1. The van der Waals surface area contributed by atoms with Gasteiger partial charge in [0.25, 0.3) is 0 Å². The maximum absolute atomic E-state index is 12.6. The number of aryl methyl sites for hydroxylation is 2. The van der Waals surface area contributed by atoms with Crippen molar-refractivity contribution in [2.24, 2.45) is 0 Å². The molecule has 31 heavy (non-hydrogen) atoms. The number of amides is 1. The fourth-order valence-electron chi connectivity index (χ4n) is 4.02. The van der Waals surface area contributed by atoms with Gasteiger partial charge in [-0.05, 0) is 68.7 Å². The van der Waals surface area contributed by atoms with Gasteiger partial charge in [0, 0.05) is 36.7 Å². The number of rotatable bonds is 5. The van der Waals surface area contributed by atoms with Crippen LogP contribution in [-0.2, 0) is 16.1 Å². The van der Waals surface area contributed by atoms with E-state index in [4.69, 9.17) is 4.74 Å². The van der Waals surface area contributed by atoms with Crippen molar-refractivity contribution in [1.82, 2.24) is 10.3 Å². The molecule has 0 spiro atoms. The van der Waals surface area contributed by atoms with Gasteiger partial charge >= 0.3 is 6.18 Å². The molecule has 3 rings (SSSR count). The Hall–Kier alpha value is -2.61. The Bertz CT molecular complexity index is 916. The minimum Gasteiger partial charge on any atom is -0.372 e. The molecule has 0 radical (unpaired) electrons. The number of halogens is 3. The summed E-state index contributed by atoms with van der Waals surface area (Å²) in [7, 11) is 0. The summed E-state index contributed by atoms with van der Waals surface area (Å²) < 4.78 is 43.5. The molecule has 1 amide bonds. The molecule has 168 valence electrons. The predicted octanol–water partition coefficient (Wildman–Crippen LogP) is 4.55. The first-order valence-corrected chi connectivity index (χ1v) is 10.3. The Balaban J connectivity index is 1.93. The Kier molecular flexibility index (Phi) is 6.89. The van der Waals surface area contributed by atoms with E-state index >= 15 is 0 Å². The molecule has 0 saturated carbocycles. The van der Waals surface area contributed by atoms with Gasteiger partial charge in [-0.1, -0.05) is 6.07 Å². The minimum atomic E-state index is -4.53. The van der Waals surface area contributed by atoms with Crippen molar-refractivity contribution < 1.29 is 22.7 Å². The number of pyridine rings is 1. The van der Waals surface area contributed by atoms with Crippen molar-refractivity contribution in [1.29, 1.82) is 0 Å². The largest absolute Gasteiger partial charge is 0.397 e. The second kappa shape index (κ2) is 9.26. The van der Waals surface area contributed by atoms with E-state index in [0.717, 1.165) is 46.9 Å². The minimum absolute atomic E-state index is 0.00789. The summed E-state index contributed by atoms with van der Waals surface area (Å²) in [6.45, 7) is 9.26. The van der Waals surface area contributed by atoms with Crippen molar-refractivity contribution in [3.63, 3.8) is 0 Å². The molecule has 0 aliphatic carbocycles. The first-order chi connectivity index (χ1) is 14.5. The molecule has 0 unspecified atom stereocenters. The van der Waals surface area contributed by atoms with E-state index in [1.165, 1.54) is 0 Å². The third-order valence-electron chi connectivity index (χ3n) is 5.10. The smallest absolute Gasteiger partial charge is 0.372 e. The molecule has 1 fully saturated rings. The van der Waals surface area contributed by atoms with Crippen LogP contribution in [0, 0.1) is 13.8 Å². The van der Waals surface area contributed by atoms with Gasteiger partial charge in [-0.3, -0.25) is 9.78 Å². The van der Waals surface area contributed by atoms with E-state index in [9.17, 15) is 18.0 Å². The molecule has 8 heteroatoms. The van der Waals surface area contributed by atoms with Gasteiger partial charge in [-0.15, -0.1) is 0 Å². The first-order valence-electron chi connectivity index (χ1n) is 10.3. The molecule has 2 aromatic rings. The molecule has 1 saturated heterocycles. The lowest BCUT2D eigenvalue weighted by Gasteiger charge is -2.37. The lowest BCUT2D eigenvalue weighted by Crippen LogP contribution is -2.45. The molecule has 1 N–H and O–H groups in total. The van der Waals surface area contributed by atoms with Crippen LogP contribution in [-0.4, -0.2) is 42.4 Å². The van der Waals surface area contributed by atoms with Crippen molar-refractivity contribution in [2.75, 3.05) is 18.0 Å². The summed E-state index contributed by atoms with van der Waals surface area (Å²) in [4.78, 5) is 18.4. The summed E-state index contributed by atoms with van der Waals surface area (Å²) in [6, 6.07) is 9.77. The summed E-state index contributed by atoms with van der Waals surface area (Å²) in [5.74, 6) is -1.04. The highest BCUT2D eigenvalue weighted by Crippen LogP contribution is 2.30. The van der Waals surface area contributed by atoms with E-state index in [2.05, 4.69) is 15.2 Å². The van der Waals surface area contributed by atoms with Crippen LogP contribution in [0.1, 0.15) is 37.2 Å². The third kappa shape index (κ3) is 6.43. The van der Waals surface area contributed by atoms with Crippen LogP contribution in [0.15, 0.2) is 30.3 Å². The molecular weight excluding hydrogens is 407 g/mol. The maximum Gasteiger partial charge on any atom is 0.397 e. The summed E-state index contributed by atoms with van der Waals surface area (Å²) in [5, 5.41) is 2.42. The summed E-state index contributed by atoms with van der Waals surface area (Å²) in [6.07, 6.45) is -5.88. The highest BCUT2D eigenvalue weighted by atomic mass is 19.4. The topological polar surface area (TPSA) is 54.5 Å². The number of carbonyl (C=O) groups excluding carboxylic acids is 1. The van der Waals surface area contributed by atoms with Crippen LogP contribution >= 0.6 is 0 Å². The van der Waals surface area contributed by atoms with Gasteiger partial charge in [0.1, 0.15) is 6.42 Å². The second-order valence-electron chi connectivity index (χ2n) is 8.21. The molecule has 1 aromatic heterocycles. The van der Waals surface area contributed by atoms with Crippen molar-refractivity contribution in [3.05, 3.63) is 47.3 Å². The van der Waals surface area contributed by atoms with Crippen molar-refractivity contribution in [2.45, 2.75) is 59.0 Å². The fraction of sp³-hybridized carbons (Fsp3) is 0.478. The van der Waals surface area contributed by atoms with Crippen LogP contribution < -0.4 is 10.2 Å². The number of nitrogens with one attached hydrogen (secondary N) is 1. The predicted molar refractivity (Wildman–Crippen MR) is 114 cm³/mol. The van der Waals surface area contributed by atoms with Crippen LogP contribution in [0.25, 0.3) is 11.1 Å². The number of hydrogen-bond donors (Lipinski definition) is 1. The molecule has 2 heterocycles. The van der Waals surface area contributed by atoms with Gasteiger partial charge in [0.05, 0.1) is 12.2 Å². The number of hydrogen-bond acceptors (Lipinski definition) is 4. The zero-order valence-corrected chi connectivity index (χ0v) is 18.2. The van der Waals surface area contributed by atoms with Crippen LogP contribution in [0.5, 0.6) is 0 Å². The fourth-order valence-corrected chi connectivity index (χ4v) is 4.02. The number of aromatic nitrogens is 1. The third-order valence-corrected chi connectivity index (χ3v) is 5.10. The normalized spacial score (nSPS) is 19.4. The number of nitrogens with zero attached hydrogens (tertiary/aromatic N) is 2. The van der Waals surface area contributed by atoms with E-state index in [1.807, 2.05) is 58.0 Å². The molecular formula is C23H28F3N3O2. The van der Waals surface area contributed by atoms with Crippen molar-refractivity contribution in [3.8, 4) is 11.1 Å². The highest BCUT2D eigenvalue weighted by Gasteiger charge is 2.31. The first kappa shape index (κ1) is 23.1. The number of benzene rings is 1. The number of alkyl halides is 3. The molecule has 5 nitrogen and oxygen atoms in total.